The van der Waals surface area contributed by atoms with Gasteiger partial charge in [0.15, 0.2) is 11.2 Å². The van der Waals surface area contributed by atoms with Gasteiger partial charge in [-0.2, -0.15) is 4.98 Å². The van der Waals surface area contributed by atoms with Gasteiger partial charge in [0.1, 0.15) is 5.75 Å². The van der Waals surface area contributed by atoms with Gasteiger partial charge in [0, 0.05) is 11.9 Å². The number of nitrogens with zero attached hydrogens (tertiary/aromatic N) is 2. The van der Waals surface area contributed by atoms with Gasteiger partial charge in [-0.15, -0.1) is 0 Å². The fraction of sp³-hybridized carbons (Fsp3) is 0.133. The number of rotatable bonds is 5. The predicted octanol–water partition coefficient (Wildman–Crippen LogP) is 2.96. The molecule has 0 unspecified atom stereocenters. The molecule has 112 valence electrons. The number of thioether (sulfide) groups is 1. The van der Waals surface area contributed by atoms with Crippen molar-refractivity contribution in [2.24, 2.45) is 0 Å². The number of anilines is 1. The molecule has 0 aliphatic heterocycles. The number of nitrogens with one attached hydrogen (secondary N) is 1. The minimum absolute atomic E-state index is 0.134. The van der Waals surface area contributed by atoms with E-state index in [0.717, 1.165) is 5.75 Å². The summed E-state index contributed by atoms with van der Waals surface area (Å²) in [6, 6.07) is 10.7. The molecule has 6 nitrogen and oxygen atoms in total. The van der Waals surface area contributed by atoms with Crippen molar-refractivity contribution in [3.63, 3.8) is 0 Å². The van der Waals surface area contributed by atoms with Crippen molar-refractivity contribution in [1.29, 1.82) is 0 Å². The van der Waals surface area contributed by atoms with E-state index in [0.29, 0.717) is 22.1 Å². The van der Waals surface area contributed by atoms with Crippen molar-refractivity contribution in [3.05, 3.63) is 42.6 Å². The molecule has 0 spiro atoms. The van der Waals surface area contributed by atoms with Gasteiger partial charge in [0.25, 0.3) is 5.22 Å². The van der Waals surface area contributed by atoms with Crippen molar-refractivity contribution < 1.29 is 13.9 Å². The summed E-state index contributed by atoms with van der Waals surface area (Å²) in [7, 11) is 1.60. The first-order chi connectivity index (χ1) is 10.7. The first kappa shape index (κ1) is 14.4. The molecule has 2 aromatic heterocycles. The SMILES string of the molecule is COc1ccc(NC(=O)CSc2nc3ncccc3o2)cc1. The van der Waals surface area contributed by atoms with Crippen LogP contribution in [0, 0.1) is 0 Å². The van der Waals surface area contributed by atoms with Crippen molar-refractivity contribution >= 4 is 34.6 Å². The lowest BCUT2D eigenvalue weighted by Gasteiger charge is -2.05. The number of fused-ring (bicyclic) bond motifs is 1. The van der Waals surface area contributed by atoms with Crippen molar-refractivity contribution in [2.45, 2.75) is 5.22 Å². The van der Waals surface area contributed by atoms with E-state index in [4.69, 9.17) is 9.15 Å². The smallest absolute Gasteiger partial charge is 0.258 e. The summed E-state index contributed by atoms with van der Waals surface area (Å²) in [6.07, 6.45) is 1.65. The largest absolute Gasteiger partial charge is 0.497 e. The second-order valence-electron chi connectivity index (χ2n) is 4.37. The molecule has 0 bridgehead atoms. The molecule has 0 aliphatic carbocycles. The Morgan fingerprint density at radius 3 is 2.86 bits per heavy atom. The fourth-order valence-electron chi connectivity index (χ4n) is 1.81. The topological polar surface area (TPSA) is 77.2 Å². The van der Waals surface area contributed by atoms with Crippen LogP contribution in [-0.2, 0) is 4.79 Å². The minimum atomic E-state index is -0.134. The molecule has 7 heteroatoms. The maximum atomic E-state index is 11.9. The van der Waals surface area contributed by atoms with Crippen LogP contribution in [0.1, 0.15) is 0 Å². The van der Waals surface area contributed by atoms with E-state index in [1.54, 1.807) is 49.7 Å². The molecule has 0 saturated carbocycles. The molecule has 0 aliphatic rings. The van der Waals surface area contributed by atoms with Gasteiger partial charge in [-0.3, -0.25) is 4.79 Å². The Balaban J connectivity index is 1.57. The summed E-state index contributed by atoms with van der Waals surface area (Å²) < 4.78 is 10.6. The van der Waals surface area contributed by atoms with Gasteiger partial charge in [0.05, 0.1) is 12.9 Å². The average molecular weight is 315 g/mol. The molecule has 22 heavy (non-hydrogen) atoms. The van der Waals surface area contributed by atoms with E-state index >= 15 is 0 Å². The Morgan fingerprint density at radius 1 is 1.32 bits per heavy atom. The maximum Gasteiger partial charge on any atom is 0.258 e. The lowest BCUT2D eigenvalue weighted by Crippen LogP contribution is -2.13. The Labute approximate surface area is 130 Å². The van der Waals surface area contributed by atoms with Crippen LogP contribution in [0.25, 0.3) is 11.2 Å². The Bertz CT molecular complexity index is 753. The lowest BCUT2D eigenvalue weighted by molar-refractivity contribution is -0.113. The quantitative estimate of drug-likeness (QED) is 0.729. The third-order valence-electron chi connectivity index (χ3n) is 2.85. The predicted molar refractivity (Wildman–Crippen MR) is 84.2 cm³/mol. The molecule has 0 fully saturated rings. The number of amides is 1. The van der Waals surface area contributed by atoms with Crippen LogP contribution in [0.5, 0.6) is 5.75 Å². The highest BCUT2D eigenvalue weighted by molar-refractivity contribution is 7.99. The van der Waals surface area contributed by atoms with E-state index < -0.39 is 0 Å². The molecule has 1 aromatic carbocycles. The van der Waals surface area contributed by atoms with E-state index in [1.807, 2.05) is 0 Å². The fourth-order valence-corrected chi connectivity index (χ4v) is 2.44. The van der Waals surface area contributed by atoms with E-state index in [2.05, 4.69) is 15.3 Å². The Hall–Kier alpha value is -2.54. The van der Waals surface area contributed by atoms with Gasteiger partial charge in [-0.1, -0.05) is 11.8 Å². The molecule has 0 saturated heterocycles. The lowest BCUT2D eigenvalue weighted by atomic mass is 10.3. The summed E-state index contributed by atoms with van der Waals surface area (Å²) >= 11 is 1.23. The van der Waals surface area contributed by atoms with Crippen molar-refractivity contribution in [1.82, 2.24) is 9.97 Å². The van der Waals surface area contributed by atoms with E-state index in [1.165, 1.54) is 11.8 Å². The van der Waals surface area contributed by atoms with Crippen LogP contribution in [0.4, 0.5) is 5.69 Å². The summed E-state index contributed by atoms with van der Waals surface area (Å²) in [5.74, 6) is 0.815. The summed E-state index contributed by atoms with van der Waals surface area (Å²) in [5, 5.41) is 3.23. The number of carbonyl (C=O) groups is 1. The molecule has 3 aromatic rings. The number of pyridine rings is 1. The van der Waals surface area contributed by atoms with Crippen molar-refractivity contribution in [2.75, 3.05) is 18.2 Å². The third kappa shape index (κ3) is 3.37. The standard InChI is InChI=1S/C15H13N3O3S/c1-20-11-6-4-10(5-7-11)17-13(19)9-22-15-18-14-12(21-15)3-2-8-16-14/h2-8H,9H2,1H3,(H,17,19). The number of aromatic nitrogens is 2. The molecule has 3 rings (SSSR count). The van der Waals surface area contributed by atoms with Crippen LogP contribution in [-0.4, -0.2) is 28.7 Å². The molecule has 0 atom stereocenters. The molecule has 1 N–H and O–H groups in total. The first-order valence-electron chi connectivity index (χ1n) is 6.53. The van der Waals surface area contributed by atoms with Gasteiger partial charge >= 0.3 is 0 Å². The monoisotopic (exact) mass is 315 g/mol. The highest BCUT2D eigenvalue weighted by Gasteiger charge is 2.10. The van der Waals surface area contributed by atoms with E-state index in [-0.39, 0.29) is 11.7 Å². The number of benzene rings is 1. The highest BCUT2D eigenvalue weighted by atomic mass is 32.2. The van der Waals surface area contributed by atoms with Crippen LogP contribution in [0.3, 0.4) is 0 Å². The zero-order valence-electron chi connectivity index (χ0n) is 11.8. The highest BCUT2D eigenvalue weighted by Crippen LogP contribution is 2.22. The van der Waals surface area contributed by atoms with Gasteiger partial charge < -0.3 is 14.5 Å². The van der Waals surface area contributed by atoms with Crippen LogP contribution in [0.2, 0.25) is 0 Å². The number of oxazole rings is 1. The summed E-state index contributed by atoms with van der Waals surface area (Å²) in [4.78, 5) is 20.2. The number of carbonyl (C=O) groups excluding carboxylic acids is 1. The Kier molecular flexibility index (Phi) is 4.24. The second kappa shape index (κ2) is 6.48. The number of hydrogen-bond donors (Lipinski definition) is 1. The second-order valence-corrected chi connectivity index (χ2v) is 5.30. The molecular formula is C15H13N3O3S. The molecule has 2 heterocycles. The Morgan fingerprint density at radius 2 is 2.14 bits per heavy atom. The summed E-state index contributed by atoms with van der Waals surface area (Å²) in [5.41, 5.74) is 1.87. The normalized spacial score (nSPS) is 10.6. The van der Waals surface area contributed by atoms with Crippen molar-refractivity contribution in [3.8, 4) is 5.75 Å². The molecular weight excluding hydrogens is 302 g/mol. The zero-order valence-corrected chi connectivity index (χ0v) is 12.6. The van der Waals surface area contributed by atoms with Crippen LogP contribution < -0.4 is 10.1 Å². The van der Waals surface area contributed by atoms with Gasteiger partial charge in [0.2, 0.25) is 5.91 Å². The van der Waals surface area contributed by atoms with E-state index in [9.17, 15) is 4.79 Å². The zero-order chi connectivity index (χ0) is 15.4. The minimum Gasteiger partial charge on any atom is -0.497 e. The van der Waals surface area contributed by atoms with Gasteiger partial charge in [-0.25, -0.2) is 4.98 Å². The summed E-state index contributed by atoms with van der Waals surface area (Å²) in [6.45, 7) is 0. The molecule has 1 amide bonds. The van der Waals surface area contributed by atoms with Gasteiger partial charge in [-0.05, 0) is 36.4 Å². The number of ether oxygens (including phenoxy) is 1. The first-order valence-corrected chi connectivity index (χ1v) is 7.51. The van der Waals surface area contributed by atoms with Crippen LogP contribution >= 0.6 is 11.8 Å². The third-order valence-corrected chi connectivity index (χ3v) is 3.67. The number of methoxy groups -OCH3 is 1. The average Bonchev–Trinajstić information content (AvgIpc) is 2.96. The molecule has 0 radical (unpaired) electrons. The number of hydrogen-bond acceptors (Lipinski definition) is 6. The maximum absolute atomic E-state index is 11.9. The van der Waals surface area contributed by atoms with Crippen LogP contribution in [0.15, 0.2) is 52.2 Å².